The first-order valence-corrected chi connectivity index (χ1v) is 11.6. The van der Waals surface area contributed by atoms with Crippen LogP contribution in [-0.2, 0) is 4.74 Å². The summed E-state index contributed by atoms with van der Waals surface area (Å²) in [6, 6.07) is 1.22. The Bertz CT molecular complexity index is 980. The highest BCUT2D eigenvalue weighted by Gasteiger charge is 2.78. The van der Waals surface area contributed by atoms with Gasteiger partial charge in [-0.25, -0.2) is 4.79 Å². The molecule has 3 fully saturated rings. The minimum atomic E-state index is -1.75. The maximum atomic E-state index is 13.1. The van der Waals surface area contributed by atoms with Gasteiger partial charge in [-0.05, 0) is 42.6 Å². The topological polar surface area (TPSA) is 137 Å². The lowest BCUT2D eigenvalue weighted by molar-refractivity contribution is -0.340. The fraction of sp³-hybridized carbons (Fsp3) is 0.708. The van der Waals surface area contributed by atoms with E-state index in [1.807, 2.05) is 20.8 Å². The summed E-state index contributed by atoms with van der Waals surface area (Å²) in [5.74, 6) is -2.71. The van der Waals surface area contributed by atoms with Crippen LogP contribution in [0.1, 0.15) is 49.5 Å². The van der Waals surface area contributed by atoms with E-state index in [2.05, 4.69) is 0 Å². The van der Waals surface area contributed by atoms with Crippen LogP contribution in [0.25, 0.3) is 0 Å². The molecule has 8 atom stereocenters. The van der Waals surface area contributed by atoms with Crippen molar-refractivity contribution in [1.29, 1.82) is 0 Å². The molecule has 3 saturated carbocycles. The molecule has 0 aliphatic heterocycles. The van der Waals surface area contributed by atoms with Gasteiger partial charge in [0.15, 0.2) is 0 Å². The number of fused-ring (bicyclic) bond motifs is 3. The van der Waals surface area contributed by atoms with Crippen LogP contribution < -0.4 is 4.74 Å². The Morgan fingerprint density at radius 3 is 2.45 bits per heavy atom. The van der Waals surface area contributed by atoms with Gasteiger partial charge in [0.25, 0.3) is 0 Å². The van der Waals surface area contributed by atoms with Gasteiger partial charge in [-0.2, -0.15) is 0 Å². The fourth-order valence-corrected chi connectivity index (χ4v) is 7.24. The Labute approximate surface area is 198 Å². The van der Waals surface area contributed by atoms with Crippen molar-refractivity contribution in [3.05, 3.63) is 22.2 Å². The second kappa shape index (κ2) is 7.71. The van der Waals surface area contributed by atoms with Crippen LogP contribution in [0.15, 0.2) is 6.07 Å². The van der Waals surface area contributed by atoms with E-state index in [0.29, 0.717) is 6.42 Å². The molecule has 4 rings (SSSR count). The summed E-state index contributed by atoms with van der Waals surface area (Å²) >= 11 is 6.24. The molecule has 9 heteroatoms. The van der Waals surface area contributed by atoms with Crippen molar-refractivity contribution >= 4 is 17.6 Å². The number of halogens is 1. The molecule has 184 valence electrons. The molecule has 33 heavy (non-hydrogen) atoms. The summed E-state index contributed by atoms with van der Waals surface area (Å²) in [5.41, 5.74) is -2.97. The molecular weight excluding hydrogens is 452 g/mol. The zero-order valence-corrected chi connectivity index (χ0v) is 20.3. The summed E-state index contributed by atoms with van der Waals surface area (Å²) in [7, 11) is 1.39. The first kappa shape index (κ1) is 24.5. The van der Waals surface area contributed by atoms with Crippen LogP contribution >= 0.6 is 11.6 Å². The zero-order chi connectivity index (χ0) is 24.7. The summed E-state index contributed by atoms with van der Waals surface area (Å²) in [4.78, 5) is 13.1. The Balaban J connectivity index is 1.68. The van der Waals surface area contributed by atoms with E-state index in [0.717, 1.165) is 0 Å². The average molecular weight is 485 g/mol. The van der Waals surface area contributed by atoms with Crippen molar-refractivity contribution in [3.63, 3.8) is 0 Å². The monoisotopic (exact) mass is 484 g/mol. The fourth-order valence-electron chi connectivity index (χ4n) is 7.01. The number of phenolic OH excluding ortho intramolecular Hbond substituents is 1. The van der Waals surface area contributed by atoms with E-state index in [9.17, 15) is 30.3 Å². The SMILES string of the molecule is COc1cc(O)c(C(=O)OC2CC3(C)C4C(CC(C)(C)C4O)C(O)C(CO)C23O)c(C)c1Cl. The molecular formula is C24H33ClO8. The second-order valence-electron chi connectivity index (χ2n) is 10.9. The highest BCUT2D eigenvalue weighted by atomic mass is 35.5. The molecule has 0 spiro atoms. The van der Waals surface area contributed by atoms with E-state index >= 15 is 0 Å². The molecule has 0 radical (unpaired) electrons. The van der Waals surface area contributed by atoms with E-state index in [-0.39, 0.29) is 40.0 Å². The van der Waals surface area contributed by atoms with Gasteiger partial charge in [0.05, 0.1) is 30.9 Å². The molecule has 8 nitrogen and oxygen atoms in total. The predicted octanol–water partition coefficient (Wildman–Crippen LogP) is 2.04. The number of esters is 1. The van der Waals surface area contributed by atoms with Crippen molar-refractivity contribution in [2.24, 2.45) is 28.6 Å². The number of phenols is 1. The van der Waals surface area contributed by atoms with Crippen molar-refractivity contribution in [2.75, 3.05) is 13.7 Å². The number of aliphatic hydroxyl groups excluding tert-OH is 3. The van der Waals surface area contributed by atoms with E-state index in [1.54, 1.807) is 6.92 Å². The molecule has 0 heterocycles. The number of hydrogen-bond donors (Lipinski definition) is 5. The molecule has 0 aromatic heterocycles. The molecule has 1 aromatic carbocycles. The number of hydrogen-bond acceptors (Lipinski definition) is 8. The Kier molecular flexibility index (Phi) is 5.74. The van der Waals surface area contributed by atoms with Gasteiger partial charge in [-0.1, -0.05) is 32.4 Å². The van der Waals surface area contributed by atoms with Crippen LogP contribution in [0, 0.1) is 35.5 Å². The van der Waals surface area contributed by atoms with Gasteiger partial charge >= 0.3 is 5.97 Å². The predicted molar refractivity (Wildman–Crippen MR) is 119 cm³/mol. The second-order valence-corrected chi connectivity index (χ2v) is 11.2. The smallest absolute Gasteiger partial charge is 0.342 e. The number of carbonyl (C=O) groups excluding carboxylic acids is 1. The first-order valence-electron chi connectivity index (χ1n) is 11.2. The third kappa shape index (κ3) is 3.07. The maximum absolute atomic E-state index is 13.1. The molecule has 5 N–H and O–H groups in total. The van der Waals surface area contributed by atoms with Gasteiger partial charge in [0, 0.05) is 17.4 Å². The zero-order valence-electron chi connectivity index (χ0n) is 19.5. The number of aromatic hydroxyl groups is 1. The molecule has 0 saturated heterocycles. The molecule has 3 aliphatic carbocycles. The van der Waals surface area contributed by atoms with Gasteiger partial charge in [0.1, 0.15) is 28.8 Å². The third-order valence-corrected chi connectivity index (χ3v) is 9.32. The number of ether oxygens (including phenoxy) is 2. The summed E-state index contributed by atoms with van der Waals surface area (Å²) in [5, 5.41) is 54.7. The van der Waals surface area contributed by atoms with Crippen LogP contribution in [0.4, 0.5) is 0 Å². The standard InChI is InChI=1S/C24H33ClO8/c1-10-16(13(27)6-14(32-5)18(10)25)21(30)33-15-8-23(4)17-11(7-22(2,3)20(17)29)19(28)12(9-26)24(15,23)31/h6,11-12,15,17,19-20,26-29,31H,7-9H2,1-5H3. The number of rotatable bonds is 4. The van der Waals surface area contributed by atoms with Crippen molar-refractivity contribution in [1.82, 2.24) is 0 Å². The molecule has 1 aromatic rings. The minimum absolute atomic E-state index is 0.144. The van der Waals surface area contributed by atoms with Crippen LogP contribution in [0.2, 0.25) is 5.02 Å². The van der Waals surface area contributed by atoms with Crippen molar-refractivity contribution < 1.29 is 39.8 Å². The molecule has 8 unspecified atom stereocenters. The molecule has 3 aliphatic rings. The van der Waals surface area contributed by atoms with Crippen LogP contribution in [0.3, 0.4) is 0 Å². The molecule has 0 bridgehead atoms. The lowest BCUT2D eigenvalue weighted by Crippen LogP contribution is -2.80. The largest absolute Gasteiger partial charge is 0.507 e. The highest BCUT2D eigenvalue weighted by Crippen LogP contribution is 2.70. The van der Waals surface area contributed by atoms with Crippen LogP contribution in [-0.4, -0.2) is 69.1 Å². The molecule has 0 amide bonds. The summed E-state index contributed by atoms with van der Waals surface area (Å²) < 4.78 is 10.8. The van der Waals surface area contributed by atoms with Gasteiger partial charge in [-0.3, -0.25) is 0 Å². The summed E-state index contributed by atoms with van der Waals surface area (Å²) in [6.45, 7) is 6.71. The maximum Gasteiger partial charge on any atom is 0.342 e. The van der Waals surface area contributed by atoms with Gasteiger partial charge < -0.3 is 35.0 Å². The van der Waals surface area contributed by atoms with Gasteiger partial charge in [0.2, 0.25) is 0 Å². The lowest BCUT2D eigenvalue weighted by atomic mass is 9.40. The Morgan fingerprint density at radius 1 is 1.24 bits per heavy atom. The van der Waals surface area contributed by atoms with Crippen molar-refractivity contribution in [3.8, 4) is 11.5 Å². The normalized spacial score (nSPS) is 41.0. The van der Waals surface area contributed by atoms with Crippen LogP contribution in [0.5, 0.6) is 11.5 Å². The van der Waals surface area contributed by atoms with E-state index < -0.39 is 59.2 Å². The lowest BCUT2D eigenvalue weighted by Gasteiger charge is -2.69. The third-order valence-electron chi connectivity index (χ3n) is 8.85. The van der Waals surface area contributed by atoms with E-state index in [1.165, 1.54) is 13.2 Å². The average Bonchev–Trinajstić information content (AvgIpc) is 2.99. The Hall–Kier alpha value is -1.58. The number of benzene rings is 1. The van der Waals surface area contributed by atoms with E-state index in [4.69, 9.17) is 21.1 Å². The summed E-state index contributed by atoms with van der Waals surface area (Å²) in [6.07, 6.45) is -2.07. The quantitative estimate of drug-likeness (QED) is 0.409. The number of methoxy groups -OCH3 is 1. The number of carbonyl (C=O) groups is 1. The minimum Gasteiger partial charge on any atom is -0.507 e. The highest BCUT2D eigenvalue weighted by molar-refractivity contribution is 6.33. The van der Waals surface area contributed by atoms with Gasteiger partial charge in [-0.15, -0.1) is 0 Å². The number of aliphatic hydroxyl groups is 4. The first-order chi connectivity index (χ1) is 15.3. The Morgan fingerprint density at radius 2 is 1.88 bits per heavy atom. The van der Waals surface area contributed by atoms with Crippen molar-refractivity contribution in [2.45, 2.75) is 64.4 Å².